The number of halogens is 1. The fourth-order valence-corrected chi connectivity index (χ4v) is 4.28. The molecule has 0 saturated carbocycles. The van der Waals surface area contributed by atoms with Crippen LogP contribution in [-0.4, -0.2) is 15.9 Å². The van der Waals surface area contributed by atoms with Crippen LogP contribution in [-0.2, 0) is 17.8 Å². The van der Waals surface area contributed by atoms with Gasteiger partial charge in [-0.2, -0.15) is 0 Å². The summed E-state index contributed by atoms with van der Waals surface area (Å²) in [6.07, 6.45) is 1.97. The zero-order valence-corrected chi connectivity index (χ0v) is 15.3. The van der Waals surface area contributed by atoms with Gasteiger partial charge in [0.25, 0.3) is 0 Å². The highest BCUT2D eigenvalue weighted by molar-refractivity contribution is 7.22. The topological polar surface area (TPSA) is 46.1 Å². The van der Waals surface area contributed by atoms with Crippen molar-refractivity contribution in [3.63, 3.8) is 0 Å². The van der Waals surface area contributed by atoms with Crippen LogP contribution in [0.25, 0.3) is 10.2 Å². The number of fused-ring (bicyclic) bond motifs is 1. The lowest BCUT2D eigenvalue weighted by atomic mass is 10.3. The van der Waals surface area contributed by atoms with Crippen molar-refractivity contribution in [1.29, 1.82) is 0 Å². The largest absolute Gasteiger partial charge is 0.282 e. The number of pyridine rings is 1. The molecule has 26 heavy (non-hydrogen) atoms. The quantitative estimate of drug-likeness (QED) is 0.503. The van der Waals surface area contributed by atoms with Crippen molar-refractivity contribution in [3.05, 3.63) is 76.5 Å². The summed E-state index contributed by atoms with van der Waals surface area (Å²) in [7, 11) is 0. The molecule has 0 aliphatic heterocycles. The van der Waals surface area contributed by atoms with E-state index in [9.17, 15) is 9.18 Å². The number of nitrogens with zero attached hydrogens (tertiary/aromatic N) is 3. The van der Waals surface area contributed by atoms with Gasteiger partial charge in [0.1, 0.15) is 11.3 Å². The van der Waals surface area contributed by atoms with Crippen LogP contribution in [0.4, 0.5) is 9.52 Å². The van der Waals surface area contributed by atoms with Gasteiger partial charge in [-0.15, -0.1) is 11.3 Å². The average Bonchev–Trinajstić information content (AvgIpc) is 3.30. The predicted molar refractivity (Wildman–Crippen MR) is 103 cm³/mol. The number of hydrogen-bond donors (Lipinski definition) is 0. The number of aromatic nitrogens is 2. The second-order valence-electron chi connectivity index (χ2n) is 5.64. The van der Waals surface area contributed by atoms with Crippen molar-refractivity contribution in [1.82, 2.24) is 9.97 Å². The van der Waals surface area contributed by atoms with Crippen molar-refractivity contribution in [3.8, 4) is 0 Å². The van der Waals surface area contributed by atoms with Gasteiger partial charge < -0.3 is 0 Å². The van der Waals surface area contributed by atoms with Gasteiger partial charge in [-0.1, -0.05) is 29.5 Å². The first kappa shape index (κ1) is 16.8. The average molecular weight is 383 g/mol. The van der Waals surface area contributed by atoms with Crippen LogP contribution >= 0.6 is 22.7 Å². The highest BCUT2D eigenvalue weighted by Gasteiger charge is 2.22. The van der Waals surface area contributed by atoms with Crippen molar-refractivity contribution in [2.45, 2.75) is 13.0 Å². The molecule has 1 amide bonds. The number of hydrogen-bond acceptors (Lipinski definition) is 5. The second kappa shape index (κ2) is 7.31. The van der Waals surface area contributed by atoms with Crippen molar-refractivity contribution < 1.29 is 9.18 Å². The van der Waals surface area contributed by atoms with Crippen LogP contribution in [0.5, 0.6) is 0 Å². The van der Waals surface area contributed by atoms with Gasteiger partial charge >= 0.3 is 0 Å². The van der Waals surface area contributed by atoms with Crippen molar-refractivity contribution in [2.75, 3.05) is 4.90 Å². The van der Waals surface area contributed by atoms with E-state index in [1.54, 1.807) is 17.2 Å². The number of thiophene rings is 1. The lowest BCUT2D eigenvalue weighted by molar-refractivity contribution is -0.118. The SMILES string of the molecule is O=C(Cc1cccs1)N(Cc1ccccn1)c1nc2c(F)cccc2s1. The zero-order chi connectivity index (χ0) is 17.9. The standard InChI is InChI=1S/C19H14FN3OS2/c20-15-7-3-8-16-18(15)22-19(26-16)23(12-13-5-1-2-9-21-13)17(24)11-14-6-4-10-25-14/h1-10H,11-12H2. The van der Waals surface area contributed by atoms with Crippen molar-refractivity contribution in [2.24, 2.45) is 0 Å². The molecular formula is C19H14FN3OS2. The molecule has 0 aliphatic rings. The first-order chi connectivity index (χ1) is 12.7. The molecular weight excluding hydrogens is 369 g/mol. The minimum atomic E-state index is -0.381. The Bertz CT molecular complexity index is 1030. The molecule has 4 nitrogen and oxygen atoms in total. The van der Waals surface area contributed by atoms with Gasteiger partial charge in [-0.25, -0.2) is 9.37 Å². The van der Waals surface area contributed by atoms with Crippen LogP contribution in [0, 0.1) is 5.82 Å². The summed E-state index contributed by atoms with van der Waals surface area (Å²) in [5, 5.41) is 2.43. The lowest BCUT2D eigenvalue weighted by Gasteiger charge is -2.19. The maximum Gasteiger partial charge on any atom is 0.234 e. The molecule has 0 radical (unpaired) electrons. The van der Waals surface area contributed by atoms with Gasteiger partial charge in [0.05, 0.1) is 23.4 Å². The van der Waals surface area contributed by atoms with Gasteiger partial charge in [0.2, 0.25) is 5.91 Å². The minimum Gasteiger partial charge on any atom is -0.282 e. The molecule has 0 fully saturated rings. The number of rotatable bonds is 5. The minimum absolute atomic E-state index is 0.0856. The highest BCUT2D eigenvalue weighted by Crippen LogP contribution is 2.31. The number of benzene rings is 1. The van der Waals surface area contributed by atoms with E-state index in [-0.39, 0.29) is 18.1 Å². The van der Waals surface area contributed by atoms with E-state index in [1.807, 2.05) is 41.8 Å². The van der Waals surface area contributed by atoms with E-state index in [1.165, 1.54) is 28.7 Å². The summed E-state index contributed by atoms with van der Waals surface area (Å²) in [5.74, 6) is -0.467. The summed E-state index contributed by atoms with van der Waals surface area (Å²) in [5.41, 5.74) is 1.05. The molecule has 0 unspecified atom stereocenters. The zero-order valence-electron chi connectivity index (χ0n) is 13.6. The Morgan fingerprint density at radius 1 is 1.12 bits per heavy atom. The Balaban J connectivity index is 1.70. The third kappa shape index (κ3) is 3.49. The number of para-hydroxylation sites is 1. The Hall–Kier alpha value is -2.64. The van der Waals surface area contributed by atoms with E-state index >= 15 is 0 Å². The van der Waals surface area contributed by atoms with E-state index in [0.717, 1.165) is 15.3 Å². The molecule has 0 saturated heterocycles. The van der Waals surface area contributed by atoms with E-state index in [2.05, 4.69) is 9.97 Å². The molecule has 3 heterocycles. The van der Waals surface area contributed by atoms with Gasteiger partial charge in [0.15, 0.2) is 5.13 Å². The fourth-order valence-electron chi connectivity index (χ4n) is 2.59. The van der Waals surface area contributed by atoms with E-state index in [4.69, 9.17) is 0 Å². The molecule has 4 rings (SSSR count). The maximum absolute atomic E-state index is 14.0. The second-order valence-corrected chi connectivity index (χ2v) is 7.68. The molecule has 130 valence electrons. The number of carbonyl (C=O) groups is 1. The van der Waals surface area contributed by atoms with Gasteiger partial charge in [-0.05, 0) is 35.7 Å². The molecule has 3 aromatic heterocycles. The monoisotopic (exact) mass is 383 g/mol. The summed E-state index contributed by atoms with van der Waals surface area (Å²) in [4.78, 5) is 24.2. The third-order valence-corrected chi connectivity index (χ3v) is 5.76. The molecule has 1 aromatic carbocycles. The first-order valence-electron chi connectivity index (χ1n) is 7.98. The molecule has 0 bridgehead atoms. The highest BCUT2D eigenvalue weighted by atomic mass is 32.1. The Morgan fingerprint density at radius 2 is 2.04 bits per heavy atom. The Labute approximate surface area is 157 Å². The van der Waals surface area contributed by atoms with Crippen LogP contribution < -0.4 is 4.90 Å². The van der Waals surface area contributed by atoms with Gasteiger partial charge in [-0.3, -0.25) is 14.7 Å². The van der Waals surface area contributed by atoms with Crippen LogP contribution in [0.3, 0.4) is 0 Å². The first-order valence-corrected chi connectivity index (χ1v) is 9.68. The molecule has 0 aliphatic carbocycles. The lowest BCUT2D eigenvalue weighted by Crippen LogP contribution is -2.31. The third-order valence-electron chi connectivity index (χ3n) is 3.84. The molecule has 4 aromatic rings. The summed E-state index contributed by atoms with van der Waals surface area (Å²) in [6.45, 7) is 0.298. The Morgan fingerprint density at radius 3 is 2.77 bits per heavy atom. The molecule has 0 spiro atoms. The molecule has 7 heteroatoms. The normalized spacial score (nSPS) is 11.0. The van der Waals surface area contributed by atoms with E-state index < -0.39 is 0 Å². The smallest absolute Gasteiger partial charge is 0.234 e. The van der Waals surface area contributed by atoms with Gasteiger partial charge in [0, 0.05) is 11.1 Å². The van der Waals surface area contributed by atoms with Crippen LogP contribution in [0.2, 0.25) is 0 Å². The Kier molecular flexibility index (Phi) is 4.73. The number of anilines is 1. The predicted octanol–water partition coefficient (Wildman–Crippen LogP) is 4.67. The summed E-state index contributed by atoms with van der Waals surface area (Å²) >= 11 is 2.85. The van der Waals surface area contributed by atoms with Crippen LogP contribution in [0.15, 0.2) is 60.1 Å². The fraction of sp³-hybridized carbons (Fsp3) is 0.105. The van der Waals surface area contributed by atoms with Crippen LogP contribution in [0.1, 0.15) is 10.6 Å². The van der Waals surface area contributed by atoms with Crippen molar-refractivity contribution >= 4 is 43.9 Å². The van der Waals surface area contributed by atoms with E-state index in [0.29, 0.717) is 17.2 Å². The summed E-state index contributed by atoms with van der Waals surface area (Å²) < 4.78 is 14.7. The number of amides is 1. The maximum atomic E-state index is 14.0. The molecule has 0 atom stereocenters. The number of carbonyl (C=O) groups excluding carboxylic acids is 1. The molecule has 0 N–H and O–H groups in total. The summed E-state index contributed by atoms with van der Waals surface area (Å²) in [6, 6.07) is 14.2. The number of thiazole rings is 1.